The van der Waals surface area contributed by atoms with Gasteiger partial charge in [0.15, 0.2) is 5.69 Å². The van der Waals surface area contributed by atoms with Crippen LogP contribution < -0.4 is 10.6 Å². The molecule has 2 aromatic rings. The van der Waals surface area contributed by atoms with Gasteiger partial charge in [-0.3, -0.25) is 10.1 Å². The molecule has 0 amide bonds. The first-order chi connectivity index (χ1) is 10.8. The highest BCUT2D eigenvalue weighted by Crippen LogP contribution is 2.29. The molecular formula is C13H12F3N5O2. The van der Waals surface area contributed by atoms with Crippen LogP contribution in [0.3, 0.4) is 0 Å². The first kappa shape index (κ1) is 16.5. The molecule has 7 nitrogen and oxygen atoms in total. The smallest absolute Gasteiger partial charge is 0.366 e. The number of anilines is 2. The molecule has 0 atom stereocenters. The van der Waals surface area contributed by atoms with Crippen molar-refractivity contribution in [2.24, 2.45) is 0 Å². The summed E-state index contributed by atoms with van der Waals surface area (Å²) < 4.78 is 38.3. The Balaban J connectivity index is 2.15. The van der Waals surface area contributed by atoms with Crippen molar-refractivity contribution in [3.63, 3.8) is 0 Å². The van der Waals surface area contributed by atoms with E-state index < -0.39 is 16.8 Å². The number of nitrogens with one attached hydrogen (secondary N) is 2. The summed E-state index contributed by atoms with van der Waals surface area (Å²) in [7, 11) is 1.41. The van der Waals surface area contributed by atoms with E-state index in [9.17, 15) is 23.3 Å². The van der Waals surface area contributed by atoms with Gasteiger partial charge in [0, 0.05) is 31.8 Å². The monoisotopic (exact) mass is 327 g/mol. The first-order valence-corrected chi connectivity index (χ1v) is 6.41. The van der Waals surface area contributed by atoms with Gasteiger partial charge in [-0.25, -0.2) is 4.98 Å². The van der Waals surface area contributed by atoms with Crippen LogP contribution in [-0.2, 0) is 12.7 Å². The van der Waals surface area contributed by atoms with Gasteiger partial charge in [0.1, 0.15) is 5.82 Å². The second kappa shape index (κ2) is 6.46. The predicted octanol–water partition coefficient (Wildman–Crippen LogP) is 3.06. The van der Waals surface area contributed by atoms with Crippen LogP contribution in [0.4, 0.5) is 30.6 Å². The third-order valence-electron chi connectivity index (χ3n) is 2.86. The van der Waals surface area contributed by atoms with Crippen molar-refractivity contribution < 1.29 is 18.1 Å². The standard InChI is InChI=1S/C13H12F3N5O2/c1-17-12-19-10(13(14,15)16)6-11(20-12)18-7-8-2-4-9(5-3-8)21(22)23/h2-6H,7H2,1H3,(H2,17,18,19,20). The Bertz CT molecular complexity index is 704. The number of rotatable bonds is 5. The van der Waals surface area contributed by atoms with Crippen LogP contribution in [0.1, 0.15) is 11.3 Å². The minimum absolute atomic E-state index is 0.00460. The zero-order valence-corrected chi connectivity index (χ0v) is 11.9. The SMILES string of the molecule is CNc1nc(NCc2ccc([N+](=O)[O-])cc2)cc(C(F)(F)F)n1. The number of nitrogens with zero attached hydrogens (tertiary/aromatic N) is 3. The van der Waals surface area contributed by atoms with E-state index in [1.807, 2.05) is 0 Å². The number of hydrogen-bond donors (Lipinski definition) is 2. The summed E-state index contributed by atoms with van der Waals surface area (Å²) in [5.74, 6) is -0.166. The Kier molecular flexibility index (Phi) is 4.63. The number of aromatic nitrogens is 2. The van der Waals surface area contributed by atoms with Gasteiger partial charge in [-0.15, -0.1) is 0 Å². The van der Waals surface area contributed by atoms with Gasteiger partial charge in [0.05, 0.1) is 4.92 Å². The number of benzene rings is 1. The topological polar surface area (TPSA) is 93.0 Å². The fraction of sp³-hybridized carbons (Fsp3) is 0.231. The van der Waals surface area contributed by atoms with Crippen LogP contribution in [-0.4, -0.2) is 21.9 Å². The van der Waals surface area contributed by atoms with Gasteiger partial charge in [0.2, 0.25) is 5.95 Å². The van der Waals surface area contributed by atoms with Crippen LogP contribution in [0.2, 0.25) is 0 Å². The van der Waals surface area contributed by atoms with Crippen LogP contribution in [0, 0.1) is 10.1 Å². The number of hydrogen-bond acceptors (Lipinski definition) is 6. The van der Waals surface area contributed by atoms with Gasteiger partial charge in [-0.2, -0.15) is 18.2 Å². The lowest BCUT2D eigenvalue weighted by atomic mass is 10.2. The third-order valence-corrected chi connectivity index (χ3v) is 2.86. The van der Waals surface area contributed by atoms with Crippen molar-refractivity contribution in [3.05, 3.63) is 51.7 Å². The molecule has 2 N–H and O–H groups in total. The second-order valence-electron chi connectivity index (χ2n) is 4.49. The molecule has 0 spiro atoms. The molecule has 2 rings (SSSR count). The molecular weight excluding hydrogens is 315 g/mol. The number of halogens is 3. The molecule has 122 valence electrons. The Hall–Kier alpha value is -2.91. The largest absolute Gasteiger partial charge is 0.433 e. The highest BCUT2D eigenvalue weighted by Gasteiger charge is 2.33. The molecule has 0 aliphatic carbocycles. The summed E-state index contributed by atoms with van der Waals surface area (Å²) in [5, 5.41) is 15.7. The average Bonchev–Trinajstić information content (AvgIpc) is 2.52. The molecule has 1 aromatic carbocycles. The highest BCUT2D eigenvalue weighted by molar-refractivity contribution is 5.44. The van der Waals surface area contributed by atoms with Crippen LogP contribution >= 0.6 is 0 Å². The average molecular weight is 327 g/mol. The second-order valence-corrected chi connectivity index (χ2v) is 4.49. The van der Waals surface area contributed by atoms with Crippen LogP contribution in [0.25, 0.3) is 0 Å². The lowest BCUT2D eigenvalue weighted by Gasteiger charge is -2.11. The molecule has 0 saturated heterocycles. The number of nitro groups is 1. The predicted molar refractivity (Wildman–Crippen MR) is 77.0 cm³/mol. The van der Waals surface area contributed by atoms with E-state index in [0.29, 0.717) is 5.56 Å². The summed E-state index contributed by atoms with van der Waals surface area (Å²) in [4.78, 5) is 17.3. The molecule has 0 bridgehead atoms. The van der Waals surface area contributed by atoms with Gasteiger partial charge >= 0.3 is 6.18 Å². The van der Waals surface area contributed by atoms with Gasteiger partial charge in [-0.1, -0.05) is 12.1 Å². The number of nitro benzene ring substituents is 1. The third kappa shape index (κ3) is 4.28. The molecule has 0 aliphatic rings. The molecule has 0 aliphatic heterocycles. The molecule has 1 heterocycles. The van der Waals surface area contributed by atoms with Crippen molar-refractivity contribution in [1.82, 2.24) is 9.97 Å². The van der Waals surface area contributed by atoms with Crippen molar-refractivity contribution in [2.75, 3.05) is 17.7 Å². The fourth-order valence-electron chi connectivity index (χ4n) is 1.72. The minimum Gasteiger partial charge on any atom is -0.366 e. The first-order valence-electron chi connectivity index (χ1n) is 6.41. The molecule has 0 saturated carbocycles. The summed E-state index contributed by atoms with van der Waals surface area (Å²) in [6, 6.07) is 6.45. The lowest BCUT2D eigenvalue weighted by molar-refractivity contribution is -0.384. The Morgan fingerprint density at radius 3 is 2.39 bits per heavy atom. The number of alkyl halides is 3. The van der Waals surface area contributed by atoms with E-state index in [0.717, 1.165) is 6.07 Å². The summed E-state index contributed by atoms with van der Waals surface area (Å²) in [6.45, 7) is 0.162. The van der Waals surface area contributed by atoms with E-state index in [1.54, 1.807) is 0 Å². The zero-order valence-electron chi connectivity index (χ0n) is 11.9. The zero-order chi connectivity index (χ0) is 17.0. The molecule has 0 radical (unpaired) electrons. The maximum Gasteiger partial charge on any atom is 0.433 e. The Morgan fingerprint density at radius 2 is 1.87 bits per heavy atom. The minimum atomic E-state index is -4.58. The summed E-state index contributed by atoms with van der Waals surface area (Å²) in [6.07, 6.45) is -4.58. The lowest BCUT2D eigenvalue weighted by Crippen LogP contribution is -2.13. The fourth-order valence-corrected chi connectivity index (χ4v) is 1.72. The quantitative estimate of drug-likeness (QED) is 0.647. The Labute approximate surface area is 128 Å². The van der Waals surface area contributed by atoms with E-state index in [-0.39, 0.29) is 24.0 Å². The summed E-state index contributed by atoms with van der Waals surface area (Å²) >= 11 is 0. The molecule has 10 heteroatoms. The van der Waals surface area contributed by atoms with E-state index >= 15 is 0 Å². The van der Waals surface area contributed by atoms with Gasteiger partial charge in [-0.05, 0) is 5.56 Å². The number of non-ortho nitro benzene ring substituents is 1. The van der Waals surface area contributed by atoms with E-state index in [4.69, 9.17) is 0 Å². The molecule has 0 fully saturated rings. The van der Waals surface area contributed by atoms with Gasteiger partial charge in [0.25, 0.3) is 5.69 Å². The van der Waals surface area contributed by atoms with Crippen molar-refractivity contribution in [2.45, 2.75) is 12.7 Å². The van der Waals surface area contributed by atoms with Crippen LogP contribution in [0.5, 0.6) is 0 Å². The normalized spacial score (nSPS) is 11.1. The van der Waals surface area contributed by atoms with Crippen molar-refractivity contribution in [1.29, 1.82) is 0 Å². The van der Waals surface area contributed by atoms with Crippen LogP contribution in [0.15, 0.2) is 30.3 Å². The van der Waals surface area contributed by atoms with E-state index in [2.05, 4.69) is 20.6 Å². The molecule has 0 unspecified atom stereocenters. The molecule has 1 aromatic heterocycles. The highest BCUT2D eigenvalue weighted by atomic mass is 19.4. The maximum atomic E-state index is 12.8. The van der Waals surface area contributed by atoms with Crippen molar-refractivity contribution in [3.8, 4) is 0 Å². The summed E-state index contributed by atoms with van der Waals surface area (Å²) in [5.41, 5.74) is -0.468. The van der Waals surface area contributed by atoms with E-state index in [1.165, 1.54) is 31.3 Å². The van der Waals surface area contributed by atoms with Gasteiger partial charge < -0.3 is 10.6 Å². The maximum absolute atomic E-state index is 12.8. The Morgan fingerprint density at radius 1 is 1.22 bits per heavy atom. The molecule has 23 heavy (non-hydrogen) atoms. The van der Waals surface area contributed by atoms with Crippen molar-refractivity contribution >= 4 is 17.5 Å².